The first-order valence-corrected chi connectivity index (χ1v) is 7.47. The van der Waals surface area contributed by atoms with E-state index in [9.17, 15) is 0 Å². The van der Waals surface area contributed by atoms with Gasteiger partial charge in [-0.1, -0.05) is 30.1 Å². The number of likely N-dealkylation sites (N-methyl/N-ethyl adjacent to an activating group) is 1. The molecule has 1 rings (SSSR count). The lowest BCUT2D eigenvalue weighted by Crippen LogP contribution is -2.50. The van der Waals surface area contributed by atoms with Crippen molar-refractivity contribution in [1.29, 1.82) is 0 Å². The van der Waals surface area contributed by atoms with Gasteiger partial charge in [0.15, 0.2) is 0 Å². The molecule has 4 heteroatoms. The molecule has 0 aliphatic rings. The molecular formula is C15H23Cl2NO. The van der Waals surface area contributed by atoms with Crippen LogP contribution in [-0.4, -0.2) is 24.8 Å². The predicted molar refractivity (Wildman–Crippen MR) is 83.3 cm³/mol. The SMILES string of the molecule is CCNC(Cc1cc(Cl)ccc1Cl)C(C)(C)OCC. The summed E-state index contributed by atoms with van der Waals surface area (Å²) in [6.45, 7) is 9.88. The lowest BCUT2D eigenvalue weighted by Gasteiger charge is -2.35. The van der Waals surface area contributed by atoms with Crippen LogP contribution in [-0.2, 0) is 11.2 Å². The Morgan fingerprint density at radius 1 is 1.26 bits per heavy atom. The van der Waals surface area contributed by atoms with Crippen LogP contribution in [0.15, 0.2) is 18.2 Å². The normalized spacial score (nSPS) is 13.6. The van der Waals surface area contributed by atoms with Gasteiger partial charge >= 0.3 is 0 Å². The molecule has 0 spiro atoms. The predicted octanol–water partition coefficient (Wildman–Crippen LogP) is 4.33. The second-order valence-electron chi connectivity index (χ2n) is 5.09. The fourth-order valence-corrected chi connectivity index (χ4v) is 2.59. The van der Waals surface area contributed by atoms with Crippen molar-refractivity contribution < 1.29 is 4.74 Å². The Balaban J connectivity index is 2.92. The third kappa shape index (κ3) is 4.96. The summed E-state index contributed by atoms with van der Waals surface area (Å²) in [5.74, 6) is 0. The molecule has 0 fully saturated rings. The highest BCUT2D eigenvalue weighted by atomic mass is 35.5. The van der Waals surface area contributed by atoms with Crippen molar-refractivity contribution in [2.45, 2.75) is 45.8 Å². The molecule has 108 valence electrons. The standard InChI is InChI=1S/C15H23Cl2NO/c1-5-18-14(15(3,4)19-6-2)10-11-9-12(16)7-8-13(11)17/h7-9,14,18H,5-6,10H2,1-4H3. The van der Waals surface area contributed by atoms with E-state index in [1.807, 2.05) is 25.1 Å². The van der Waals surface area contributed by atoms with Crippen LogP contribution in [0.3, 0.4) is 0 Å². The summed E-state index contributed by atoms with van der Waals surface area (Å²) in [7, 11) is 0. The maximum Gasteiger partial charge on any atom is 0.0781 e. The van der Waals surface area contributed by atoms with Crippen molar-refractivity contribution in [2.24, 2.45) is 0 Å². The van der Waals surface area contributed by atoms with E-state index in [4.69, 9.17) is 27.9 Å². The highest BCUT2D eigenvalue weighted by Crippen LogP contribution is 2.25. The largest absolute Gasteiger partial charge is 0.374 e. The van der Waals surface area contributed by atoms with Crippen LogP contribution in [0.2, 0.25) is 10.0 Å². The maximum absolute atomic E-state index is 6.24. The Kier molecular flexibility index (Phi) is 6.61. The first-order chi connectivity index (χ1) is 8.90. The Hall–Kier alpha value is -0.280. The van der Waals surface area contributed by atoms with Crippen molar-refractivity contribution in [1.82, 2.24) is 5.32 Å². The highest BCUT2D eigenvalue weighted by molar-refractivity contribution is 6.33. The Morgan fingerprint density at radius 3 is 2.53 bits per heavy atom. The average Bonchev–Trinajstić information content (AvgIpc) is 2.33. The van der Waals surface area contributed by atoms with Gasteiger partial charge in [0.05, 0.1) is 5.60 Å². The zero-order chi connectivity index (χ0) is 14.5. The van der Waals surface area contributed by atoms with Gasteiger partial charge in [0.25, 0.3) is 0 Å². The topological polar surface area (TPSA) is 21.3 Å². The number of hydrogen-bond acceptors (Lipinski definition) is 2. The van der Waals surface area contributed by atoms with Crippen LogP contribution < -0.4 is 5.32 Å². The monoisotopic (exact) mass is 303 g/mol. The summed E-state index contributed by atoms with van der Waals surface area (Å²) in [5.41, 5.74) is 0.795. The number of benzene rings is 1. The molecule has 0 heterocycles. The zero-order valence-electron chi connectivity index (χ0n) is 12.1. The lowest BCUT2D eigenvalue weighted by atomic mass is 9.92. The molecule has 1 atom stereocenters. The molecule has 0 amide bonds. The molecule has 0 bridgehead atoms. The van der Waals surface area contributed by atoms with Gasteiger partial charge < -0.3 is 10.1 Å². The molecule has 0 aromatic heterocycles. The summed E-state index contributed by atoms with van der Waals surface area (Å²) >= 11 is 12.3. The van der Waals surface area contributed by atoms with Crippen LogP contribution in [0.4, 0.5) is 0 Å². The smallest absolute Gasteiger partial charge is 0.0781 e. The number of nitrogens with one attached hydrogen (secondary N) is 1. The van der Waals surface area contributed by atoms with E-state index in [1.165, 1.54) is 0 Å². The van der Waals surface area contributed by atoms with Gasteiger partial charge in [0.2, 0.25) is 0 Å². The molecule has 1 N–H and O–H groups in total. The second-order valence-corrected chi connectivity index (χ2v) is 5.93. The van der Waals surface area contributed by atoms with Gasteiger partial charge in [-0.15, -0.1) is 0 Å². The summed E-state index contributed by atoms with van der Waals surface area (Å²) in [6, 6.07) is 5.77. The van der Waals surface area contributed by atoms with E-state index in [-0.39, 0.29) is 11.6 Å². The average molecular weight is 304 g/mol. The number of ether oxygens (including phenoxy) is 1. The Morgan fingerprint density at radius 2 is 1.95 bits per heavy atom. The van der Waals surface area contributed by atoms with E-state index >= 15 is 0 Å². The first-order valence-electron chi connectivity index (χ1n) is 6.72. The fourth-order valence-electron chi connectivity index (χ4n) is 2.20. The Bertz CT molecular complexity index is 407. The van der Waals surface area contributed by atoms with Gasteiger partial charge in [-0.3, -0.25) is 0 Å². The molecule has 0 radical (unpaired) electrons. The minimum absolute atomic E-state index is 0.188. The van der Waals surface area contributed by atoms with Crippen molar-refractivity contribution in [3.63, 3.8) is 0 Å². The van der Waals surface area contributed by atoms with E-state index in [0.29, 0.717) is 11.6 Å². The zero-order valence-corrected chi connectivity index (χ0v) is 13.6. The molecule has 0 saturated carbocycles. The second kappa shape index (κ2) is 7.49. The van der Waals surface area contributed by atoms with Crippen molar-refractivity contribution >= 4 is 23.2 Å². The van der Waals surface area contributed by atoms with Crippen LogP contribution in [0.5, 0.6) is 0 Å². The van der Waals surface area contributed by atoms with E-state index in [2.05, 4.69) is 26.1 Å². The fraction of sp³-hybridized carbons (Fsp3) is 0.600. The van der Waals surface area contributed by atoms with E-state index in [0.717, 1.165) is 23.6 Å². The molecule has 0 aliphatic carbocycles. The highest BCUT2D eigenvalue weighted by Gasteiger charge is 2.30. The third-order valence-corrected chi connectivity index (χ3v) is 3.84. The molecule has 19 heavy (non-hydrogen) atoms. The van der Waals surface area contributed by atoms with Crippen LogP contribution in [0.1, 0.15) is 33.3 Å². The van der Waals surface area contributed by atoms with Crippen LogP contribution >= 0.6 is 23.2 Å². The molecule has 1 aromatic rings. The lowest BCUT2D eigenvalue weighted by molar-refractivity contribution is -0.0376. The maximum atomic E-state index is 6.24. The number of rotatable bonds is 7. The van der Waals surface area contributed by atoms with Gasteiger partial charge in [-0.05, 0) is 57.5 Å². The molecular weight excluding hydrogens is 281 g/mol. The van der Waals surface area contributed by atoms with Crippen molar-refractivity contribution in [2.75, 3.05) is 13.2 Å². The molecule has 2 nitrogen and oxygen atoms in total. The summed E-state index contributed by atoms with van der Waals surface area (Å²) < 4.78 is 5.85. The van der Waals surface area contributed by atoms with Gasteiger partial charge in [-0.2, -0.15) is 0 Å². The minimum Gasteiger partial charge on any atom is -0.374 e. The van der Waals surface area contributed by atoms with Crippen molar-refractivity contribution in [3.8, 4) is 0 Å². The minimum atomic E-state index is -0.254. The molecule has 1 aromatic carbocycles. The first kappa shape index (κ1) is 16.8. The van der Waals surface area contributed by atoms with Gasteiger partial charge in [0.1, 0.15) is 0 Å². The Labute approximate surface area is 126 Å². The number of halogens is 2. The summed E-state index contributed by atoms with van der Waals surface area (Å²) in [5, 5.41) is 4.94. The molecule has 0 saturated heterocycles. The van der Waals surface area contributed by atoms with E-state index in [1.54, 1.807) is 0 Å². The third-order valence-electron chi connectivity index (χ3n) is 3.24. The summed E-state index contributed by atoms with van der Waals surface area (Å²) in [6.07, 6.45) is 0.792. The van der Waals surface area contributed by atoms with E-state index < -0.39 is 0 Å². The van der Waals surface area contributed by atoms with Gasteiger partial charge in [0, 0.05) is 22.7 Å². The van der Waals surface area contributed by atoms with Crippen molar-refractivity contribution in [3.05, 3.63) is 33.8 Å². The number of hydrogen-bond donors (Lipinski definition) is 1. The van der Waals surface area contributed by atoms with Crippen LogP contribution in [0, 0.1) is 0 Å². The summed E-state index contributed by atoms with van der Waals surface area (Å²) in [4.78, 5) is 0. The van der Waals surface area contributed by atoms with Gasteiger partial charge in [-0.25, -0.2) is 0 Å². The van der Waals surface area contributed by atoms with Crippen LogP contribution in [0.25, 0.3) is 0 Å². The quantitative estimate of drug-likeness (QED) is 0.809. The molecule has 1 unspecified atom stereocenters. The molecule has 0 aliphatic heterocycles.